The lowest BCUT2D eigenvalue weighted by Crippen LogP contribution is -2.61. The zero-order valence-electron chi connectivity index (χ0n) is 66.6. The van der Waals surface area contributed by atoms with Crippen LogP contribution in [-0.2, 0) is 71.9 Å². The molecule has 8 aromatic carbocycles. The SMILES string of the molecule is CCOC(=O)C(Cc1cc(O[Si](C)(C)C(C)(C)C)ccc1OCc1ccnc(-c2cccc(OC[C@H]3O[C@H](OC)[C@@H](OC)[C@@H](OC)[C@@H]3OC)c2)n1)Oc1ncnc2sc(-c3ccc(F)cc3)c(-c3ccc(O[C@H](COCc4ccc(-c5ccc(OC)cc5)cc4-c4ccc(OC)cc4)COS(=O)(=O)c4ccc(C)cc4)c(Cl)c3C)c12. The fourth-order valence-electron chi connectivity index (χ4n) is 13.1. The first kappa shape index (κ1) is 84.5. The molecule has 4 heterocycles. The number of halogens is 2. The molecule has 22 nitrogen and oxygen atoms in total. The third kappa shape index (κ3) is 20.1. The van der Waals surface area contributed by atoms with Crippen LogP contribution in [0, 0.1) is 19.7 Å². The average Bonchev–Trinajstić information content (AvgIpc) is 1.60. The summed E-state index contributed by atoms with van der Waals surface area (Å²) in [5.41, 5.74) is 9.43. The molecule has 0 spiro atoms. The van der Waals surface area contributed by atoms with E-state index < -0.39 is 79.7 Å². The van der Waals surface area contributed by atoms with E-state index in [1.165, 1.54) is 49.0 Å². The largest absolute Gasteiger partial charge is 0.543 e. The summed E-state index contributed by atoms with van der Waals surface area (Å²) in [6.45, 7) is 15.7. The molecule has 7 atom stereocenters. The zero-order chi connectivity index (χ0) is 81.7. The van der Waals surface area contributed by atoms with Gasteiger partial charge in [-0.25, -0.2) is 29.1 Å². The van der Waals surface area contributed by atoms with Crippen LogP contribution in [0.2, 0.25) is 23.2 Å². The van der Waals surface area contributed by atoms with E-state index in [4.69, 9.17) is 96.7 Å². The second-order valence-electron chi connectivity index (χ2n) is 28.9. The number of rotatable bonds is 35. The molecule has 0 aliphatic carbocycles. The molecule has 1 aliphatic rings. The van der Waals surface area contributed by atoms with Gasteiger partial charge in [-0.1, -0.05) is 117 Å². The average molecular weight is 1640 g/mol. The summed E-state index contributed by atoms with van der Waals surface area (Å²) in [5, 5.41) is 0.383. The van der Waals surface area contributed by atoms with Crippen LogP contribution >= 0.6 is 22.9 Å². The lowest BCUT2D eigenvalue weighted by molar-refractivity contribution is -0.305. The predicted octanol–water partition coefficient (Wildman–Crippen LogP) is 17.9. The molecule has 0 amide bonds. The number of aromatic nitrogens is 4. The van der Waals surface area contributed by atoms with Crippen molar-refractivity contribution < 1.29 is 87.8 Å². The van der Waals surface area contributed by atoms with Gasteiger partial charge < -0.3 is 66.0 Å². The molecule has 1 saturated heterocycles. The Morgan fingerprint density at radius 2 is 1.32 bits per heavy atom. The molecule has 11 aromatic rings. The smallest absolute Gasteiger partial charge is 0.347 e. The molecule has 0 N–H and O–H groups in total. The number of carbonyl (C=O) groups excluding carboxylic acids is 1. The van der Waals surface area contributed by atoms with Gasteiger partial charge in [0.25, 0.3) is 10.1 Å². The summed E-state index contributed by atoms with van der Waals surface area (Å²) in [5.74, 6) is 2.37. The molecule has 27 heteroatoms. The number of esters is 1. The Labute approximate surface area is 680 Å². The van der Waals surface area contributed by atoms with E-state index >= 15 is 0 Å². The van der Waals surface area contributed by atoms with Gasteiger partial charge in [-0.2, -0.15) is 8.42 Å². The van der Waals surface area contributed by atoms with Crippen molar-refractivity contribution in [2.75, 3.05) is 69.1 Å². The Morgan fingerprint density at radius 1 is 0.643 bits per heavy atom. The number of thiophene rings is 1. The second kappa shape index (κ2) is 37.8. The maximum Gasteiger partial charge on any atom is 0.347 e. The van der Waals surface area contributed by atoms with Gasteiger partial charge in [0.15, 0.2) is 12.1 Å². The molecule has 0 saturated carbocycles. The summed E-state index contributed by atoms with van der Waals surface area (Å²) in [6.07, 6.45) is -2.42. The second-order valence-corrected chi connectivity index (χ2v) is 36.6. The fourth-order valence-corrected chi connectivity index (χ4v) is 16.4. The minimum Gasteiger partial charge on any atom is -0.543 e. The normalized spacial score (nSPS) is 16.4. The lowest BCUT2D eigenvalue weighted by atomic mass is 9.94. The highest BCUT2D eigenvalue weighted by atomic mass is 35.5. The number of hydrogen-bond donors (Lipinski definition) is 0. The monoisotopic (exact) mass is 1640 g/mol. The zero-order valence-corrected chi connectivity index (χ0v) is 70.0. The molecule has 0 radical (unpaired) electrons. The standard InChI is InChI=1S/C88H94ClFN4O18S2Si/c1-15-105-86(95)74(46-61-44-67(112-115(13,14)88(4,5)6)35-39-72(61)107-48-63-41-42-91-83(94-63)59-17-16-18-66(43-59)106-51-75-79(100-9)80(101-10)81(102-11)87(103-12)111-75)110-84-77-76(82(113-85(77)93-52-92-84)57-23-29-62(90)30-24-57)70-38-40-73(78(89)54(70)3)109-68(50-108-114(96,97)69-36-19-53(2)20-37-69)49-104-47-60-22-21-58(55-25-31-64(98-7)32-26-55)45-71(60)56-27-33-65(99-8)34-28-56/h16-45,52,68,74-75,79-81,87H,15,46-51H2,1-14H3/t68-,74?,75-,79-,80+,81+,87+/m1/s1. The molecule has 3 aromatic heterocycles. The fraction of sp³-hybridized carbons (Fsp3) is 0.330. The van der Waals surface area contributed by atoms with Crippen molar-refractivity contribution in [1.82, 2.24) is 19.9 Å². The van der Waals surface area contributed by atoms with Gasteiger partial charge in [0.05, 0.1) is 55.0 Å². The highest BCUT2D eigenvalue weighted by molar-refractivity contribution is 7.86. The van der Waals surface area contributed by atoms with Gasteiger partial charge in [0.2, 0.25) is 20.3 Å². The third-order valence-corrected chi connectivity index (χ3v) is 27.6. The molecule has 604 valence electrons. The Bertz CT molecular complexity index is 5270. The van der Waals surface area contributed by atoms with E-state index in [1.807, 2.05) is 111 Å². The molecular formula is C88H94ClFN4O18S2Si. The van der Waals surface area contributed by atoms with Crippen molar-refractivity contribution in [3.63, 3.8) is 0 Å². The predicted molar refractivity (Wildman–Crippen MR) is 441 cm³/mol. The number of ether oxygens (including phenoxy) is 13. The minimum absolute atomic E-state index is 0.0144. The molecule has 1 aliphatic heterocycles. The number of fused-ring (bicyclic) bond motifs is 1. The number of methoxy groups -OCH3 is 6. The van der Waals surface area contributed by atoms with Gasteiger partial charge in [-0.05, 0) is 180 Å². The Morgan fingerprint density at radius 3 is 2.00 bits per heavy atom. The molecule has 1 unspecified atom stereocenters. The highest BCUT2D eigenvalue weighted by Crippen LogP contribution is 2.50. The topological polar surface area (TPSA) is 241 Å². The van der Waals surface area contributed by atoms with Gasteiger partial charge >= 0.3 is 5.97 Å². The third-order valence-electron chi connectivity index (χ3n) is 20.3. The van der Waals surface area contributed by atoms with Crippen LogP contribution in [0.4, 0.5) is 4.39 Å². The summed E-state index contributed by atoms with van der Waals surface area (Å²) in [4.78, 5) is 34.9. The molecule has 115 heavy (non-hydrogen) atoms. The number of hydrogen-bond acceptors (Lipinski definition) is 23. The molecule has 1 fully saturated rings. The van der Waals surface area contributed by atoms with Crippen LogP contribution in [0.1, 0.15) is 55.6 Å². The lowest BCUT2D eigenvalue weighted by Gasteiger charge is -2.44. The number of nitrogens with zero attached hydrogens (tertiary/aromatic N) is 4. The summed E-state index contributed by atoms with van der Waals surface area (Å²) >= 11 is 8.85. The van der Waals surface area contributed by atoms with E-state index in [1.54, 1.807) is 97.2 Å². The number of carbonyl (C=O) groups is 1. The maximum absolute atomic E-state index is 14.9. The quantitative estimate of drug-likeness (QED) is 0.0204. The van der Waals surface area contributed by atoms with Gasteiger partial charge in [-0.3, -0.25) is 4.18 Å². The van der Waals surface area contributed by atoms with Crippen LogP contribution in [0.5, 0.6) is 40.4 Å². The first-order chi connectivity index (χ1) is 55.3. The van der Waals surface area contributed by atoms with Crippen molar-refractivity contribution in [3.8, 4) is 95.6 Å². The molecular weight excluding hydrogens is 1550 g/mol. The number of benzene rings is 8. The molecule has 0 bridgehead atoms. The highest BCUT2D eigenvalue weighted by Gasteiger charge is 2.48. The van der Waals surface area contributed by atoms with Gasteiger partial charge in [-0.15, -0.1) is 11.3 Å². The van der Waals surface area contributed by atoms with Crippen LogP contribution in [0.3, 0.4) is 0 Å². The van der Waals surface area contributed by atoms with Crippen molar-refractivity contribution in [2.45, 2.75) is 127 Å². The Balaban J connectivity index is 0.852. The Hall–Kier alpha value is -9.94. The van der Waals surface area contributed by atoms with E-state index in [-0.39, 0.29) is 66.0 Å². The van der Waals surface area contributed by atoms with E-state index in [9.17, 15) is 17.6 Å². The van der Waals surface area contributed by atoms with Crippen LogP contribution in [0.25, 0.3) is 65.4 Å². The summed E-state index contributed by atoms with van der Waals surface area (Å²) < 4.78 is 135. The van der Waals surface area contributed by atoms with Crippen molar-refractivity contribution in [2.24, 2.45) is 0 Å². The number of aryl methyl sites for hydroxylation is 1. The first-order valence-electron chi connectivity index (χ1n) is 37.4. The summed E-state index contributed by atoms with van der Waals surface area (Å²) in [7, 11) is 2.73. The Kier molecular flexibility index (Phi) is 27.7. The van der Waals surface area contributed by atoms with Crippen LogP contribution < -0.4 is 32.8 Å². The molecule has 12 rings (SSSR count). The first-order valence-corrected chi connectivity index (χ1v) is 42.9. The van der Waals surface area contributed by atoms with Gasteiger partial charge in [0, 0.05) is 62.6 Å². The van der Waals surface area contributed by atoms with Crippen LogP contribution in [-0.4, -0.2) is 155 Å². The van der Waals surface area contributed by atoms with Crippen LogP contribution in [0.15, 0.2) is 193 Å². The maximum atomic E-state index is 14.9. The summed E-state index contributed by atoms with van der Waals surface area (Å²) in [6, 6.07) is 52.2. The van der Waals surface area contributed by atoms with E-state index in [0.717, 1.165) is 39.1 Å². The minimum atomic E-state index is -4.31. The van der Waals surface area contributed by atoms with Crippen molar-refractivity contribution in [1.29, 1.82) is 0 Å². The van der Waals surface area contributed by atoms with E-state index in [0.29, 0.717) is 83.0 Å². The van der Waals surface area contributed by atoms with Crippen molar-refractivity contribution in [3.05, 3.63) is 227 Å². The van der Waals surface area contributed by atoms with Crippen molar-refractivity contribution >= 4 is 57.6 Å². The van der Waals surface area contributed by atoms with Gasteiger partial charge in [0.1, 0.15) is 102 Å². The van der Waals surface area contributed by atoms with E-state index in [2.05, 4.69) is 44.9 Å².